The Kier molecular flexibility index (Phi) is 18.1. The highest BCUT2D eigenvalue weighted by Gasteiger charge is 2.13. The summed E-state index contributed by atoms with van der Waals surface area (Å²) in [6, 6.07) is 0. The second kappa shape index (κ2) is 20.3. The molecular formula is C27H45NO7. The van der Waals surface area contributed by atoms with Gasteiger partial charge in [0.25, 0.3) is 0 Å². The standard InChI is InChI=1S/C27H45NO7/c1-23-10-14-32-18-20-34-16-12-28(13-17-35-21-19-33-15-11-23)27(31)7-5-4-6-24(2)22-26(30)9-8-25(3)29/h8-9,23H,2,4-7,10-22H2,1,3H3/b9-8-. The van der Waals surface area contributed by atoms with E-state index < -0.39 is 0 Å². The largest absolute Gasteiger partial charge is 0.379 e. The average Bonchev–Trinajstić information content (AvgIpc) is 2.81. The van der Waals surface area contributed by atoms with Gasteiger partial charge in [0, 0.05) is 39.1 Å². The summed E-state index contributed by atoms with van der Waals surface area (Å²) in [6.45, 7) is 13.1. The Hall–Kier alpha value is -1.87. The zero-order valence-electron chi connectivity index (χ0n) is 21.8. The van der Waals surface area contributed by atoms with Crippen LogP contribution in [0.4, 0.5) is 0 Å². The normalized spacial score (nSPS) is 18.6. The number of ether oxygens (including phenoxy) is 4. The number of unbranched alkanes of at least 4 members (excludes halogenated alkanes) is 1. The quantitative estimate of drug-likeness (QED) is 0.274. The van der Waals surface area contributed by atoms with Gasteiger partial charge in [-0.05, 0) is 57.1 Å². The molecule has 0 aromatic carbocycles. The molecule has 0 aliphatic carbocycles. The van der Waals surface area contributed by atoms with Crippen LogP contribution < -0.4 is 0 Å². The Morgan fingerprint density at radius 2 is 1.31 bits per heavy atom. The molecule has 0 bridgehead atoms. The van der Waals surface area contributed by atoms with E-state index in [2.05, 4.69) is 13.5 Å². The highest BCUT2D eigenvalue weighted by molar-refractivity contribution is 5.98. The Bertz CT molecular complexity index is 642. The molecule has 1 aliphatic rings. The van der Waals surface area contributed by atoms with Crippen LogP contribution in [0.15, 0.2) is 24.3 Å². The van der Waals surface area contributed by atoms with E-state index in [1.165, 1.54) is 19.1 Å². The number of hydrogen-bond acceptors (Lipinski definition) is 7. The average molecular weight is 496 g/mol. The van der Waals surface area contributed by atoms with E-state index in [9.17, 15) is 14.4 Å². The van der Waals surface area contributed by atoms with Crippen molar-refractivity contribution in [3.05, 3.63) is 24.3 Å². The summed E-state index contributed by atoms with van der Waals surface area (Å²) >= 11 is 0. The fraction of sp³-hybridized carbons (Fsp3) is 0.741. The zero-order chi connectivity index (χ0) is 25.7. The van der Waals surface area contributed by atoms with Crippen LogP contribution in [0.2, 0.25) is 0 Å². The smallest absolute Gasteiger partial charge is 0.222 e. The number of rotatable bonds is 9. The van der Waals surface area contributed by atoms with E-state index >= 15 is 0 Å². The van der Waals surface area contributed by atoms with Crippen LogP contribution in [0.1, 0.15) is 58.8 Å². The molecule has 1 saturated heterocycles. The van der Waals surface area contributed by atoms with E-state index in [0.717, 1.165) is 24.8 Å². The summed E-state index contributed by atoms with van der Waals surface area (Å²) in [5.41, 5.74) is 0.813. The van der Waals surface area contributed by atoms with E-state index in [1.54, 1.807) is 4.90 Å². The highest BCUT2D eigenvalue weighted by atomic mass is 16.5. The van der Waals surface area contributed by atoms with Gasteiger partial charge in [-0.25, -0.2) is 0 Å². The maximum absolute atomic E-state index is 12.8. The number of amides is 1. The Balaban J connectivity index is 2.36. The van der Waals surface area contributed by atoms with Crippen molar-refractivity contribution >= 4 is 17.5 Å². The van der Waals surface area contributed by atoms with Gasteiger partial charge in [-0.3, -0.25) is 14.4 Å². The first-order valence-electron chi connectivity index (χ1n) is 12.9. The first-order chi connectivity index (χ1) is 16.9. The first kappa shape index (κ1) is 31.2. The van der Waals surface area contributed by atoms with E-state index in [1.807, 2.05) is 0 Å². The second-order valence-electron chi connectivity index (χ2n) is 9.06. The number of hydrogen-bond donors (Lipinski definition) is 0. The van der Waals surface area contributed by atoms with Gasteiger partial charge in [-0.15, -0.1) is 0 Å². The van der Waals surface area contributed by atoms with Crippen molar-refractivity contribution in [1.82, 2.24) is 4.90 Å². The minimum atomic E-state index is -0.154. The number of carbonyl (C=O) groups excluding carboxylic acids is 3. The molecule has 1 rings (SSSR count). The van der Waals surface area contributed by atoms with Gasteiger partial charge < -0.3 is 23.8 Å². The van der Waals surface area contributed by atoms with Crippen molar-refractivity contribution in [3.8, 4) is 0 Å². The van der Waals surface area contributed by atoms with Crippen molar-refractivity contribution in [2.45, 2.75) is 58.8 Å². The fourth-order valence-corrected chi connectivity index (χ4v) is 3.48. The number of ketones is 2. The zero-order valence-corrected chi connectivity index (χ0v) is 21.8. The molecule has 0 saturated carbocycles. The lowest BCUT2D eigenvalue weighted by molar-refractivity contribution is -0.133. The van der Waals surface area contributed by atoms with E-state index in [0.29, 0.717) is 91.1 Å². The molecule has 0 aromatic rings. The molecule has 0 N–H and O–H groups in total. The van der Waals surface area contributed by atoms with Crippen molar-refractivity contribution in [2.24, 2.45) is 5.92 Å². The van der Waals surface area contributed by atoms with Crippen LogP contribution in [0, 0.1) is 5.92 Å². The maximum atomic E-state index is 12.8. The molecular weight excluding hydrogens is 450 g/mol. The van der Waals surface area contributed by atoms with E-state index in [4.69, 9.17) is 18.9 Å². The lowest BCUT2D eigenvalue weighted by atomic mass is 10.0. The predicted octanol–water partition coefficient (Wildman–Crippen LogP) is 3.53. The molecule has 35 heavy (non-hydrogen) atoms. The van der Waals surface area contributed by atoms with Gasteiger partial charge >= 0.3 is 0 Å². The van der Waals surface area contributed by atoms with Crippen molar-refractivity contribution in [2.75, 3.05) is 65.9 Å². The van der Waals surface area contributed by atoms with Gasteiger partial charge in [0.1, 0.15) is 0 Å². The number of carbonyl (C=O) groups is 3. The Labute approximate surface area is 211 Å². The SMILES string of the molecule is C=C(CCCCC(=O)N1CCOCCOCCC(C)CCOCCOCC1)CC(=O)/C=C\C(C)=O. The molecule has 0 atom stereocenters. The minimum Gasteiger partial charge on any atom is -0.379 e. The fourth-order valence-electron chi connectivity index (χ4n) is 3.48. The topological polar surface area (TPSA) is 91.4 Å². The summed E-state index contributed by atoms with van der Waals surface area (Å²) in [5.74, 6) is 0.346. The number of allylic oxidation sites excluding steroid dienone is 3. The molecule has 0 radical (unpaired) electrons. The van der Waals surface area contributed by atoms with Gasteiger partial charge in [-0.1, -0.05) is 19.1 Å². The molecule has 1 aliphatic heterocycles. The van der Waals surface area contributed by atoms with Crippen molar-refractivity contribution in [1.29, 1.82) is 0 Å². The Morgan fingerprint density at radius 1 is 0.800 bits per heavy atom. The third-order valence-corrected chi connectivity index (χ3v) is 5.72. The molecule has 8 heteroatoms. The second-order valence-corrected chi connectivity index (χ2v) is 9.06. The third kappa shape index (κ3) is 18.1. The summed E-state index contributed by atoms with van der Waals surface area (Å²) in [5, 5.41) is 0. The summed E-state index contributed by atoms with van der Waals surface area (Å²) in [7, 11) is 0. The summed E-state index contributed by atoms with van der Waals surface area (Å²) in [4.78, 5) is 37.3. The predicted molar refractivity (Wildman–Crippen MR) is 135 cm³/mol. The van der Waals surface area contributed by atoms with Crippen LogP contribution in [0.25, 0.3) is 0 Å². The molecule has 8 nitrogen and oxygen atoms in total. The summed E-state index contributed by atoms with van der Waals surface area (Å²) < 4.78 is 22.6. The molecule has 0 aromatic heterocycles. The van der Waals surface area contributed by atoms with E-state index in [-0.39, 0.29) is 23.9 Å². The van der Waals surface area contributed by atoms with Gasteiger partial charge in [0.2, 0.25) is 5.91 Å². The first-order valence-corrected chi connectivity index (χ1v) is 12.9. The molecule has 200 valence electrons. The molecule has 1 fully saturated rings. The summed E-state index contributed by atoms with van der Waals surface area (Å²) in [6.07, 6.45) is 7.40. The van der Waals surface area contributed by atoms with Crippen molar-refractivity contribution < 1.29 is 33.3 Å². The minimum absolute atomic E-state index is 0.0687. The molecule has 0 spiro atoms. The highest BCUT2D eigenvalue weighted by Crippen LogP contribution is 2.13. The lowest BCUT2D eigenvalue weighted by Crippen LogP contribution is -2.37. The lowest BCUT2D eigenvalue weighted by Gasteiger charge is -2.23. The van der Waals surface area contributed by atoms with Crippen LogP contribution in [0.5, 0.6) is 0 Å². The maximum Gasteiger partial charge on any atom is 0.222 e. The molecule has 1 heterocycles. The molecule has 0 unspecified atom stereocenters. The third-order valence-electron chi connectivity index (χ3n) is 5.72. The van der Waals surface area contributed by atoms with Gasteiger partial charge in [0.15, 0.2) is 11.6 Å². The Morgan fingerprint density at radius 3 is 1.86 bits per heavy atom. The van der Waals surface area contributed by atoms with Crippen LogP contribution in [-0.2, 0) is 33.3 Å². The molecule has 1 amide bonds. The van der Waals surface area contributed by atoms with Gasteiger partial charge in [-0.2, -0.15) is 0 Å². The van der Waals surface area contributed by atoms with Crippen molar-refractivity contribution in [3.63, 3.8) is 0 Å². The monoisotopic (exact) mass is 495 g/mol. The van der Waals surface area contributed by atoms with Crippen LogP contribution in [-0.4, -0.2) is 88.3 Å². The van der Waals surface area contributed by atoms with Crippen LogP contribution >= 0.6 is 0 Å². The van der Waals surface area contributed by atoms with Gasteiger partial charge in [0.05, 0.1) is 39.6 Å². The number of nitrogens with zero attached hydrogens (tertiary/aromatic N) is 1. The van der Waals surface area contributed by atoms with Crippen LogP contribution in [0.3, 0.4) is 0 Å².